The van der Waals surface area contributed by atoms with Crippen molar-refractivity contribution in [3.63, 3.8) is 0 Å². The van der Waals surface area contributed by atoms with Crippen LogP contribution in [0.15, 0.2) is 35.5 Å². The predicted octanol–water partition coefficient (Wildman–Crippen LogP) is 3.91. The number of alkyl carbamates (subject to hydrolysis) is 1. The van der Waals surface area contributed by atoms with Crippen LogP contribution in [0.4, 0.5) is 9.93 Å². The zero-order valence-corrected chi connectivity index (χ0v) is 20.4. The van der Waals surface area contributed by atoms with Crippen molar-refractivity contribution in [3.05, 3.63) is 45.9 Å². The monoisotopic (exact) mass is 496 g/mol. The Bertz CT molecular complexity index is 1020. The molecule has 0 radical (unpaired) electrons. The maximum Gasteiger partial charge on any atom is 0.408 e. The second-order valence-corrected chi connectivity index (χ2v) is 9.06. The third-order valence-electron chi connectivity index (χ3n) is 3.75. The summed E-state index contributed by atoms with van der Waals surface area (Å²) in [5, 5.41) is 8.89. The third-order valence-corrected chi connectivity index (χ3v) is 4.92. The van der Waals surface area contributed by atoms with E-state index in [1.54, 1.807) is 58.0 Å². The van der Waals surface area contributed by atoms with Crippen LogP contribution in [0, 0.1) is 0 Å². The number of amides is 2. The van der Waals surface area contributed by atoms with Gasteiger partial charge < -0.3 is 19.6 Å². The van der Waals surface area contributed by atoms with E-state index in [2.05, 4.69) is 20.8 Å². The Kier molecular flexibility index (Phi) is 9.18. The van der Waals surface area contributed by atoms with Gasteiger partial charge in [0.2, 0.25) is 5.71 Å². The average Bonchev–Trinajstić information content (AvgIpc) is 3.09. The number of rotatable bonds is 8. The molecule has 0 fully saturated rings. The molecule has 33 heavy (non-hydrogen) atoms. The first-order chi connectivity index (χ1) is 15.6. The Morgan fingerprint density at radius 1 is 1.21 bits per heavy atom. The molecule has 0 spiro atoms. The van der Waals surface area contributed by atoms with Crippen molar-refractivity contribution in [2.24, 2.45) is 5.16 Å². The SMILES string of the molecule is CCOC(=O)/C(=N\OC)c1nc(NC(=O)[C@@H](NC(=O)OC(C)(C)C)c2ccccc2)sc1Cl. The molecule has 1 aromatic carbocycles. The van der Waals surface area contributed by atoms with Gasteiger partial charge in [0.1, 0.15) is 28.8 Å². The van der Waals surface area contributed by atoms with Crippen molar-refractivity contribution in [1.82, 2.24) is 10.3 Å². The van der Waals surface area contributed by atoms with E-state index in [1.165, 1.54) is 7.11 Å². The highest BCUT2D eigenvalue weighted by Crippen LogP contribution is 2.30. The molecule has 1 atom stereocenters. The van der Waals surface area contributed by atoms with Crippen LogP contribution in [0.25, 0.3) is 0 Å². The molecule has 0 saturated carbocycles. The number of nitrogens with one attached hydrogen (secondary N) is 2. The summed E-state index contributed by atoms with van der Waals surface area (Å²) < 4.78 is 10.3. The van der Waals surface area contributed by atoms with Crippen LogP contribution in [0.1, 0.15) is 45.0 Å². The highest BCUT2D eigenvalue weighted by atomic mass is 35.5. The van der Waals surface area contributed by atoms with Gasteiger partial charge in [0.25, 0.3) is 5.91 Å². The Morgan fingerprint density at radius 2 is 1.88 bits per heavy atom. The van der Waals surface area contributed by atoms with Crippen LogP contribution in [0.2, 0.25) is 4.34 Å². The molecule has 2 amide bonds. The Morgan fingerprint density at radius 3 is 2.45 bits per heavy atom. The minimum absolute atomic E-state index is 0.00590. The van der Waals surface area contributed by atoms with Gasteiger partial charge in [-0.3, -0.25) is 10.1 Å². The number of oxime groups is 1. The molecule has 2 N–H and O–H groups in total. The van der Waals surface area contributed by atoms with Crippen molar-refractivity contribution >= 4 is 51.8 Å². The molecule has 0 bridgehead atoms. The van der Waals surface area contributed by atoms with Crippen molar-refractivity contribution < 1.29 is 28.7 Å². The number of anilines is 1. The van der Waals surface area contributed by atoms with Crippen LogP contribution >= 0.6 is 22.9 Å². The van der Waals surface area contributed by atoms with Crippen molar-refractivity contribution in [2.75, 3.05) is 19.0 Å². The van der Waals surface area contributed by atoms with Gasteiger partial charge in [-0.1, -0.05) is 58.4 Å². The summed E-state index contributed by atoms with van der Waals surface area (Å²) >= 11 is 7.14. The number of aromatic nitrogens is 1. The fraction of sp³-hybridized carbons (Fsp3) is 0.381. The Balaban J connectivity index is 2.29. The maximum atomic E-state index is 13.1. The molecule has 10 nitrogen and oxygen atoms in total. The summed E-state index contributed by atoms with van der Waals surface area (Å²) in [4.78, 5) is 46.4. The lowest BCUT2D eigenvalue weighted by Gasteiger charge is -2.23. The predicted molar refractivity (Wildman–Crippen MR) is 124 cm³/mol. The van der Waals surface area contributed by atoms with Gasteiger partial charge in [0.05, 0.1) is 6.61 Å². The molecule has 2 rings (SSSR count). The molecule has 0 saturated heterocycles. The average molecular weight is 497 g/mol. The zero-order valence-electron chi connectivity index (χ0n) is 18.8. The lowest BCUT2D eigenvalue weighted by atomic mass is 10.1. The maximum absolute atomic E-state index is 13.1. The Labute approximate surface area is 200 Å². The van der Waals surface area contributed by atoms with E-state index in [-0.39, 0.29) is 27.5 Å². The summed E-state index contributed by atoms with van der Waals surface area (Å²) in [5.41, 5.74) is -0.470. The summed E-state index contributed by atoms with van der Waals surface area (Å²) in [5.74, 6) is -1.37. The van der Waals surface area contributed by atoms with Gasteiger partial charge in [0, 0.05) is 0 Å². The fourth-order valence-electron chi connectivity index (χ4n) is 2.52. The first kappa shape index (κ1) is 26.1. The van der Waals surface area contributed by atoms with E-state index in [1.807, 2.05) is 0 Å². The van der Waals surface area contributed by atoms with Crippen LogP contribution in [0.3, 0.4) is 0 Å². The molecule has 12 heteroatoms. The van der Waals surface area contributed by atoms with E-state index >= 15 is 0 Å². The zero-order chi connectivity index (χ0) is 24.6. The van der Waals surface area contributed by atoms with Gasteiger partial charge in [0.15, 0.2) is 5.13 Å². The van der Waals surface area contributed by atoms with Crippen molar-refractivity contribution in [1.29, 1.82) is 0 Å². The number of hydrogen-bond acceptors (Lipinski definition) is 9. The van der Waals surface area contributed by atoms with E-state index in [4.69, 9.17) is 25.9 Å². The number of hydrogen-bond donors (Lipinski definition) is 2. The quantitative estimate of drug-likeness (QED) is 0.322. The fourth-order valence-corrected chi connectivity index (χ4v) is 3.57. The molecule has 1 heterocycles. The number of esters is 1. The summed E-state index contributed by atoms with van der Waals surface area (Å²) in [6, 6.07) is 7.54. The van der Waals surface area contributed by atoms with Gasteiger partial charge >= 0.3 is 12.1 Å². The molecular weight excluding hydrogens is 472 g/mol. The molecule has 0 aliphatic carbocycles. The van der Waals surface area contributed by atoms with Crippen LogP contribution in [-0.2, 0) is 23.9 Å². The third kappa shape index (κ3) is 7.72. The number of thiazole rings is 1. The summed E-state index contributed by atoms with van der Waals surface area (Å²) in [6.45, 7) is 6.89. The number of benzene rings is 1. The summed E-state index contributed by atoms with van der Waals surface area (Å²) in [7, 11) is 1.26. The van der Waals surface area contributed by atoms with E-state index in [0.717, 1.165) is 11.3 Å². The van der Waals surface area contributed by atoms with Crippen LogP contribution in [0.5, 0.6) is 0 Å². The largest absolute Gasteiger partial charge is 0.461 e. The number of carbonyl (C=O) groups is 3. The first-order valence-electron chi connectivity index (χ1n) is 9.86. The highest BCUT2D eigenvalue weighted by molar-refractivity contribution is 7.20. The minimum atomic E-state index is -1.08. The number of halogens is 1. The normalized spacial score (nSPS) is 12.5. The van der Waals surface area contributed by atoms with Gasteiger partial charge in [-0.15, -0.1) is 0 Å². The lowest BCUT2D eigenvalue weighted by Crippen LogP contribution is -2.40. The van der Waals surface area contributed by atoms with Crippen LogP contribution in [-0.4, -0.2) is 48.0 Å². The van der Waals surface area contributed by atoms with Gasteiger partial charge in [-0.05, 0) is 33.3 Å². The smallest absolute Gasteiger partial charge is 0.408 e. The first-order valence-corrected chi connectivity index (χ1v) is 11.1. The molecule has 0 unspecified atom stereocenters. The summed E-state index contributed by atoms with van der Waals surface area (Å²) in [6.07, 6.45) is -0.763. The van der Waals surface area contributed by atoms with Crippen LogP contribution < -0.4 is 10.6 Å². The topological polar surface area (TPSA) is 128 Å². The second kappa shape index (κ2) is 11.6. The van der Waals surface area contributed by atoms with Crippen molar-refractivity contribution in [2.45, 2.75) is 39.3 Å². The molecule has 2 aromatic rings. The number of nitrogens with zero attached hydrogens (tertiary/aromatic N) is 2. The van der Waals surface area contributed by atoms with Crippen molar-refractivity contribution in [3.8, 4) is 0 Å². The Hall–Kier alpha value is -3.18. The number of carbonyl (C=O) groups excluding carboxylic acids is 3. The second-order valence-electron chi connectivity index (χ2n) is 7.46. The molecule has 178 valence electrons. The standard InChI is InChI=1S/C21H25ClN4O6S/c1-6-31-18(28)15(26-30-5)14-16(22)33-19(23-14)25-17(27)13(12-10-8-7-9-11-12)24-20(29)32-21(2,3)4/h7-11,13H,6H2,1-5H3,(H,24,29)(H,23,25,27)/b26-15-/t13-/m0/s1. The van der Waals surface area contributed by atoms with Gasteiger partial charge in [-0.2, -0.15) is 0 Å². The molecule has 0 aliphatic rings. The lowest BCUT2D eigenvalue weighted by molar-refractivity contribution is -0.135. The minimum Gasteiger partial charge on any atom is -0.461 e. The molecule has 0 aliphatic heterocycles. The molecule has 1 aromatic heterocycles. The van der Waals surface area contributed by atoms with E-state index in [9.17, 15) is 14.4 Å². The number of ether oxygens (including phenoxy) is 2. The van der Waals surface area contributed by atoms with E-state index in [0.29, 0.717) is 5.56 Å². The highest BCUT2D eigenvalue weighted by Gasteiger charge is 2.28. The van der Waals surface area contributed by atoms with E-state index < -0.39 is 29.6 Å². The molecular formula is C21H25ClN4O6S. The van der Waals surface area contributed by atoms with Gasteiger partial charge in [-0.25, -0.2) is 14.6 Å².